The summed E-state index contributed by atoms with van der Waals surface area (Å²) < 4.78 is 64.0. The van der Waals surface area contributed by atoms with E-state index < -0.39 is 27.1 Å². The van der Waals surface area contributed by atoms with E-state index in [0.29, 0.717) is 0 Å². The molecule has 0 saturated heterocycles. The summed E-state index contributed by atoms with van der Waals surface area (Å²) in [6.07, 6.45) is 0.789. The molecule has 7 nitrogen and oxygen atoms in total. The zero-order valence-electron chi connectivity index (χ0n) is 10.0. The van der Waals surface area contributed by atoms with Crippen molar-refractivity contribution in [3.63, 3.8) is 0 Å². The normalized spacial score (nSPS) is 12.6. The van der Waals surface area contributed by atoms with Crippen LogP contribution in [0.1, 0.15) is 0 Å². The average molecular weight is 388 g/mol. The minimum Gasteiger partial charge on any atom is -0.354 e. The Morgan fingerprint density at radius 3 is 2.52 bits per heavy atom. The molecule has 0 atom stereocenters. The van der Waals surface area contributed by atoms with Crippen molar-refractivity contribution in [1.29, 1.82) is 0 Å². The Bertz CT molecular complexity index is 878. The number of aromatic nitrogens is 3. The highest BCUT2D eigenvalue weighted by Crippen LogP contribution is 2.29. The van der Waals surface area contributed by atoms with Crippen LogP contribution in [0.3, 0.4) is 0 Å². The lowest BCUT2D eigenvalue weighted by molar-refractivity contribution is -0.0500. The zero-order valence-corrected chi connectivity index (χ0v) is 12.5. The van der Waals surface area contributed by atoms with Gasteiger partial charge in [0.1, 0.15) is 12.0 Å². The molecule has 0 bridgehead atoms. The lowest BCUT2D eigenvalue weighted by Gasteiger charge is -2.11. The van der Waals surface area contributed by atoms with Gasteiger partial charge in [0, 0.05) is 7.05 Å². The Balaban J connectivity index is 2.70. The lowest BCUT2D eigenvalue weighted by atomic mass is 10.3. The molecule has 21 heavy (non-hydrogen) atoms. The van der Waals surface area contributed by atoms with Gasteiger partial charge >= 0.3 is 15.6 Å². The second-order valence-electron chi connectivity index (χ2n) is 3.76. The van der Waals surface area contributed by atoms with Crippen molar-refractivity contribution in [2.75, 3.05) is 0 Å². The molecule has 2 aromatic heterocycles. The maximum absolute atomic E-state index is 12.3. The first-order chi connectivity index (χ1) is 9.54. The average Bonchev–Trinajstić information content (AvgIpc) is 2.35. The first-order valence-electron chi connectivity index (χ1n) is 5.05. The second kappa shape index (κ2) is 4.94. The molecule has 0 amide bonds. The van der Waals surface area contributed by atoms with Gasteiger partial charge in [0.15, 0.2) is 0 Å². The molecule has 0 saturated carbocycles. The molecule has 0 aliphatic heterocycles. The van der Waals surface area contributed by atoms with Crippen molar-refractivity contribution in [2.24, 2.45) is 7.05 Å². The first kappa shape index (κ1) is 15.7. The van der Waals surface area contributed by atoms with E-state index in [9.17, 15) is 26.4 Å². The summed E-state index contributed by atoms with van der Waals surface area (Å²) >= 11 is 2.90. The van der Waals surface area contributed by atoms with Crippen molar-refractivity contribution >= 4 is 37.1 Å². The van der Waals surface area contributed by atoms with Gasteiger partial charge in [-0.05, 0) is 22.0 Å². The number of pyridine rings is 1. The van der Waals surface area contributed by atoms with Crippen molar-refractivity contribution in [1.82, 2.24) is 14.5 Å². The van der Waals surface area contributed by atoms with Gasteiger partial charge in [-0.2, -0.15) is 21.6 Å². The molecule has 0 aliphatic rings. The van der Waals surface area contributed by atoms with Gasteiger partial charge in [0.05, 0.1) is 9.86 Å². The molecule has 0 N–H and O–H groups in total. The van der Waals surface area contributed by atoms with Crippen LogP contribution in [0.15, 0.2) is 21.7 Å². The van der Waals surface area contributed by atoms with Crippen LogP contribution < -0.4 is 9.74 Å². The number of fused-ring (bicyclic) bond motifs is 1. The van der Waals surface area contributed by atoms with Crippen molar-refractivity contribution in [2.45, 2.75) is 5.51 Å². The van der Waals surface area contributed by atoms with Crippen LogP contribution in [0.4, 0.5) is 13.2 Å². The highest BCUT2D eigenvalue weighted by molar-refractivity contribution is 9.10. The number of hydrogen-bond acceptors (Lipinski definition) is 6. The van der Waals surface area contributed by atoms with Gasteiger partial charge in [-0.3, -0.25) is 9.36 Å². The third-order valence-electron chi connectivity index (χ3n) is 2.40. The van der Waals surface area contributed by atoms with E-state index in [2.05, 4.69) is 30.1 Å². The van der Waals surface area contributed by atoms with E-state index in [-0.39, 0.29) is 15.5 Å². The molecule has 0 aromatic carbocycles. The number of nitrogens with zero attached hydrogens (tertiary/aromatic N) is 3. The third kappa shape index (κ3) is 2.72. The Morgan fingerprint density at radius 1 is 1.33 bits per heavy atom. The molecule has 2 aromatic rings. The van der Waals surface area contributed by atoms with Crippen molar-refractivity contribution in [3.05, 3.63) is 27.2 Å². The minimum atomic E-state index is -5.87. The molecular formula is C9H5BrF3N3O4S. The van der Waals surface area contributed by atoms with E-state index in [1.807, 2.05) is 0 Å². The summed E-state index contributed by atoms with van der Waals surface area (Å²) in [5.41, 5.74) is -6.18. The van der Waals surface area contributed by atoms with Gasteiger partial charge in [-0.25, -0.2) is 9.97 Å². The standard InChI is InChI=1S/C9H5BrF3N3O4S/c1-16-6-4(2-5(10)8(16)17)7(15-3-14-6)20-21(18,19)9(11,12)13/h2-3H,1H3. The fraction of sp³-hybridized carbons (Fsp3) is 0.222. The molecule has 114 valence electrons. The molecule has 2 rings (SSSR count). The van der Waals surface area contributed by atoms with Crippen LogP contribution in [-0.2, 0) is 17.2 Å². The SMILES string of the molecule is Cn1c(=O)c(Br)cc2c(OS(=O)(=O)C(F)(F)F)ncnc21. The van der Waals surface area contributed by atoms with Gasteiger partial charge in [0.25, 0.3) is 5.56 Å². The molecule has 0 aliphatic carbocycles. The maximum atomic E-state index is 12.3. The van der Waals surface area contributed by atoms with E-state index in [1.54, 1.807) is 0 Å². The van der Waals surface area contributed by atoms with Crippen LogP contribution >= 0.6 is 15.9 Å². The predicted octanol–water partition coefficient (Wildman–Crippen LogP) is 1.32. The molecular weight excluding hydrogens is 383 g/mol. The molecule has 0 spiro atoms. The lowest BCUT2D eigenvalue weighted by Crippen LogP contribution is -2.28. The monoisotopic (exact) mass is 387 g/mol. The third-order valence-corrected chi connectivity index (χ3v) is 3.91. The molecule has 2 heterocycles. The summed E-state index contributed by atoms with van der Waals surface area (Å²) in [5.74, 6) is -0.825. The van der Waals surface area contributed by atoms with E-state index in [0.717, 1.165) is 17.0 Å². The van der Waals surface area contributed by atoms with Crippen LogP contribution in [0.2, 0.25) is 0 Å². The Labute approximate surface area is 123 Å². The number of alkyl halides is 3. The van der Waals surface area contributed by atoms with Crippen LogP contribution in [0, 0.1) is 0 Å². The van der Waals surface area contributed by atoms with Crippen LogP contribution in [0.5, 0.6) is 5.88 Å². The summed E-state index contributed by atoms with van der Waals surface area (Å²) in [5, 5.41) is -0.167. The highest BCUT2D eigenvalue weighted by Gasteiger charge is 2.49. The largest absolute Gasteiger partial charge is 0.534 e. The Hall–Kier alpha value is -1.69. The van der Waals surface area contributed by atoms with E-state index in [1.165, 1.54) is 7.05 Å². The predicted molar refractivity (Wildman–Crippen MR) is 68.1 cm³/mol. The molecule has 12 heteroatoms. The fourth-order valence-electron chi connectivity index (χ4n) is 1.43. The van der Waals surface area contributed by atoms with Gasteiger partial charge in [-0.1, -0.05) is 0 Å². The summed E-state index contributed by atoms with van der Waals surface area (Å²) in [4.78, 5) is 18.7. The van der Waals surface area contributed by atoms with Crippen LogP contribution in [0.25, 0.3) is 11.0 Å². The van der Waals surface area contributed by atoms with Gasteiger partial charge in [0.2, 0.25) is 5.88 Å². The van der Waals surface area contributed by atoms with Crippen molar-refractivity contribution < 1.29 is 25.8 Å². The summed E-state index contributed by atoms with van der Waals surface area (Å²) in [6, 6.07) is 1.08. The molecule has 0 radical (unpaired) electrons. The Morgan fingerprint density at radius 2 is 1.95 bits per heavy atom. The first-order valence-corrected chi connectivity index (χ1v) is 7.25. The molecule has 0 fully saturated rings. The minimum absolute atomic E-state index is 0.0124. The topological polar surface area (TPSA) is 91.2 Å². The van der Waals surface area contributed by atoms with Gasteiger partial charge in [-0.15, -0.1) is 0 Å². The number of rotatable bonds is 2. The molecule has 0 unspecified atom stereocenters. The smallest absolute Gasteiger partial charge is 0.354 e. The fourth-order valence-corrected chi connectivity index (χ4v) is 2.36. The van der Waals surface area contributed by atoms with E-state index >= 15 is 0 Å². The van der Waals surface area contributed by atoms with Gasteiger partial charge < -0.3 is 4.18 Å². The van der Waals surface area contributed by atoms with Crippen LogP contribution in [-0.4, -0.2) is 28.5 Å². The quantitative estimate of drug-likeness (QED) is 0.570. The summed E-state index contributed by atoms with van der Waals surface area (Å²) in [6.45, 7) is 0. The number of halogens is 4. The zero-order chi connectivity index (χ0) is 16.0. The highest BCUT2D eigenvalue weighted by atomic mass is 79.9. The number of hydrogen-bond donors (Lipinski definition) is 0. The van der Waals surface area contributed by atoms with Crippen molar-refractivity contribution in [3.8, 4) is 5.88 Å². The summed E-state index contributed by atoms with van der Waals surface area (Å²) in [7, 11) is -4.56. The number of aryl methyl sites for hydroxylation is 1. The second-order valence-corrected chi connectivity index (χ2v) is 6.15. The maximum Gasteiger partial charge on any atom is 0.534 e. The Kier molecular flexibility index (Phi) is 3.70. The van der Waals surface area contributed by atoms with E-state index in [4.69, 9.17) is 0 Å².